The van der Waals surface area contributed by atoms with Gasteiger partial charge in [-0.25, -0.2) is 0 Å². The Morgan fingerprint density at radius 2 is 1.10 bits per heavy atom. The molecule has 2 aliphatic heterocycles. The van der Waals surface area contributed by atoms with Gasteiger partial charge in [-0.05, 0) is 87.8 Å². The summed E-state index contributed by atoms with van der Waals surface area (Å²) in [6, 6.07) is 70.4. The first-order chi connectivity index (χ1) is 28.8. The van der Waals surface area contributed by atoms with E-state index < -0.39 is 5.41 Å². The number of rotatable bonds is 3. The van der Waals surface area contributed by atoms with Gasteiger partial charge in [0.2, 0.25) is 0 Å². The molecule has 0 N–H and O–H groups in total. The van der Waals surface area contributed by atoms with E-state index in [2.05, 4.69) is 209 Å². The van der Waals surface area contributed by atoms with Crippen molar-refractivity contribution in [1.29, 1.82) is 0 Å². The molecule has 10 aromatic rings. The fraction of sp³-hybridized carbons (Fsp3) is 0.0545. The molecule has 2 atom stereocenters. The normalized spacial score (nSPS) is 18.0. The standard InChI is InChI=1S/C55H36N2S/c1-3-16-35(17-4-1)37-30-38(36-18-5-2-6-19-36)32-39(31-37)56-48-26-11-8-21-41(48)43-33-47-53(34-51(43)56)58-52-29-14-10-24-45(52)55(47)44-23-9-13-28-50(44)57-49-27-12-7-20-40(49)42-22-15-25-46(55)54(42)57/h1-31,33-34,38H,32H2. The van der Waals surface area contributed by atoms with Crippen LogP contribution in [0.2, 0.25) is 0 Å². The van der Waals surface area contributed by atoms with Gasteiger partial charge in [0.05, 0.1) is 33.2 Å². The summed E-state index contributed by atoms with van der Waals surface area (Å²) < 4.78 is 5.11. The summed E-state index contributed by atoms with van der Waals surface area (Å²) in [5, 5.41) is 5.17. The van der Waals surface area contributed by atoms with E-state index in [0.717, 1.165) is 6.42 Å². The van der Waals surface area contributed by atoms with Crippen molar-refractivity contribution in [3.63, 3.8) is 0 Å². The second kappa shape index (κ2) is 12.1. The highest BCUT2D eigenvalue weighted by Gasteiger charge is 2.49. The molecule has 3 heteroatoms. The molecule has 0 saturated heterocycles. The summed E-state index contributed by atoms with van der Waals surface area (Å²) in [5.74, 6) is 0.251. The van der Waals surface area contributed by atoms with Crippen molar-refractivity contribution in [2.45, 2.75) is 27.5 Å². The number of hydrogen-bond donors (Lipinski definition) is 0. The Bertz CT molecular complexity index is 3400. The lowest BCUT2D eigenvalue weighted by molar-refractivity contribution is 0.691. The van der Waals surface area contributed by atoms with Crippen LogP contribution in [0.5, 0.6) is 0 Å². The molecule has 3 aliphatic rings. The zero-order chi connectivity index (χ0) is 38.0. The molecule has 2 aromatic heterocycles. The quantitative estimate of drug-likeness (QED) is 0.175. The maximum atomic E-state index is 2.58. The van der Waals surface area contributed by atoms with Gasteiger partial charge in [0.25, 0.3) is 0 Å². The van der Waals surface area contributed by atoms with Gasteiger partial charge in [-0.2, -0.15) is 0 Å². The fourth-order valence-electron chi connectivity index (χ4n) is 10.8. The van der Waals surface area contributed by atoms with Crippen LogP contribution >= 0.6 is 11.8 Å². The van der Waals surface area contributed by atoms with Crippen molar-refractivity contribution in [2.24, 2.45) is 0 Å². The summed E-state index contributed by atoms with van der Waals surface area (Å²) in [6.07, 6.45) is 5.83. The Morgan fingerprint density at radius 3 is 1.93 bits per heavy atom. The van der Waals surface area contributed by atoms with Crippen LogP contribution in [0.25, 0.3) is 60.6 Å². The van der Waals surface area contributed by atoms with Gasteiger partial charge >= 0.3 is 0 Å². The predicted molar refractivity (Wildman–Crippen MR) is 242 cm³/mol. The minimum Gasteiger partial charge on any atom is -0.313 e. The second-order valence-corrected chi connectivity index (χ2v) is 17.1. The number of benzene rings is 8. The first-order valence-corrected chi connectivity index (χ1v) is 21.1. The van der Waals surface area contributed by atoms with Gasteiger partial charge in [0.15, 0.2) is 0 Å². The number of aromatic nitrogens is 2. The van der Waals surface area contributed by atoms with E-state index in [0.29, 0.717) is 0 Å². The lowest BCUT2D eigenvalue weighted by Gasteiger charge is -2.45. The molecular weight excluding hydrogens is 721 g/mol. The van der Waals surface area contributed by atoms with Gasteiger partial charge in [-0.3, -0.25) is 0 Å². The molecular formula is C55H36N2S. The number of fused-ring (bicyclic) bond motifs is 14. The van der Waals surface area contributed by atoms with Crippen LogP contribution in [0.15, 0.2) is 210 Å². The van der Waals surface area contributed by atoms with Crippen LogP contribution in [-0.2, 0) is 5.41 Å². The Kier molecular flexibility index (Phi) is 6.74. The topological polar surface area (TPSA) is 9.86 Å². The SMILES string of the molecule is C1=C(c2ccccc2)C=C(n2c3ccccc3c3cc4c(cc32)Sc2ccccc2C42c3ccccc3-n3c4ccccc4c4cccc2c43)CC1c1ccccc1. The Morgan fingerprint density at radius 1 is 0.466 bits per heavy atom. The van der Waals surface area contributed by atoms with Crippen LogP contribution in [0, 0.1) is 0 Å². The molecule has 0 fully saturated rings. The number of nitrogens with zero attached hydrogens (tertiary/aromatic N) is 2. The molecule has 13 rings (SSSR count). The van der Waals surface area contributed by atoms with E-state index in [1.807, 2.05) is 11.8 Å². The molecule has 0 radical (unpaired) electrons. The van der Waals surface area contributed by atoms with Crippen LogP contribution in [0.4, 0.5) is 0 Å². The molecule has 272 valence electrons. The van der Waals surface area contributed by atoms with Gasteiger partial charge < -0.3 is 9.13 Å². The lowest BCUT2D eigenvalue weighted by Crippen LogP contribution is -2.37. The predicted octanol–water partition coefficient (Wildman–Crippen LogP) is 14.2. The largest absolute Gasteiger partial charge is 0.313 e. The van der Waals surface area contributed by atoms with E-state index in [1.54, 1.807) is 0 Å². The Hall–Kier alpha value is -6.81. The number of allylic oxidation sites excluding steroid dienone is 4. The zero-order valence-corrected chi connectivity index (χ0v) is 32.5. The molecule has 4 heterocycles. The average molecular weight is 757 g/mol. The van der Waals surface area contributed by atoms with Crippen LogP contribution < -0.4 is 0 Å². The van der Waals surface area contributed by atoms with Crippen LogP contribution in [0.1, 0.15) is 45.7 Å². The van der Waals surface area contributed by atoms with Gasteiger partial charge in [-0.15, -0.1) is 0 Å². The van der Waals surface area contributed by atoms with Gasteiger partial charge in [0, 0.05) is 43.0 Å². The third kappa shape index (κ3) is 4.29. The molecule has 2 nitrogen and oxygen atoms in total. The van der Waals surface area contributed by atoms with Gasteiger partial charge in [-0.1, -0.05) is 169 Å². The summed E-state index contributed by atoms with van der Waals surface area (Å²) in [4.78, 5) is 2.62. The summed E-state index contributed by atoms with van der Waals surface area (Å²) in [5.41, 5.74) is 16.3. The van der Waals surface area contributed by atoms with E-state index >= 15 is 0 Å². The monoisotopic (exact) mass is 756 g/mol. The maximum Gasteiger partial charge on any atom is 0.0764 e. The van der Waals surface area contributed by atoms with E-state index in [9.17, 15) is 0 Å². The molecule has 0 amide bonds. The zero-order valence-electron chi connectivity index (χ0n) is 31.6. The third-order valence-corrected chi connectivity index (χ3v) is 14.2. The van der Waals surface area contributed by atoms with Crippen LogP contribution in [-0.4, -0.2) is 9.13 Å². The lowest BCUT2D eigenvalue weighted by atomic mass is 9.62. The highest BCUT2D eigenvalue weighted by molar-refractivity contribution is 7.99. The minimum atomic E-state index is -0.527. The van der Waals surface area contributed by atoms with E-state index in [4.69, 9.17) is 0 Å². The molecule has 2 unspecified atom stereocenters. The maximum absolute atomic E-state index is 2.58. The fourth-order valence-corrected chi connectivity index (χ4v) is 12.0. The van der Waals surface area contributed by atoms with Crippen LogP contribution in [0.3, 0.4) is 0 Å². The summed E-state index contributed by atoms with van der Waals surface area (Å²) in [6.45, 7) is 0. The summed E-state index contributed by atoms with van der Waals surface area (Å²) >= 11 is 1.92. The third-order valence-electron chi connectivity index (χ3n) is 13.1. The summed E-state index contributed by atoms with van der Waals surface area (Å²) in [7, 11) is 0. The van der Waals surface area contributed by atoms with Crippen molar-refractivity contribution in [3.05, 3.63) is 234 Å². The Balaban J connectivity index is 1.13. The smallest absolute Gasteiger partial charge is 0.0764 e. The first-order valence-electron chi connectivity index (χ1n) is 20.3. The van der Waals surface area contributed by atoms with Crippen molar-refractivity contribution < 1.29 is 0 Å². The van der Waals surface area contributed by atoms with Crippen molar-refractivity contribution in [3.8, 4) is 5.69 Å². The molecule has 0 saturated carbocycles. The molecule has 1 aliphatic carbocycles. The second-order valence-electron chi connectivity index (χ2n) is 16.0. The highest BCUT2D eigenvalue weighted by atomic mass is 32.2. The molecule has 1 spiro atoms. The van der Waals surface area contributed by atoms with Crippen molar-refractivity contribution in [2.75, 3.05) is 0 Å². The van der Waals surface area contributed by atoms with Crippen molar-refractivity contribution in [1.82, 2.24) is 9.13 Å². The molecule has 58 heavy (non-hydrogen) atoms. The highest BCUT2D eigenvalue weighted by Crippen LogP contribution is 2.61. The molecule has 0 bridgehead atoms. The number of hydrogen-bond acceptors (Lipinski definition) is 1. The number of para-hydroxylation sites is 4. The first kappa shape index (κ1) is 32.3. The van der Waals surface area contributed by atoms with E-state index in [1.165, 1.54) is 104 Å². The van der Waals surface area contributed by atoms with Crippen molar-refractivity contribution >= 4 is 66.6 Å². The van der Waals surface area contributed by atoms with E-state index in [-0.39, 0.29) is 5.92 Å². The Labute approximate surface area is 341 Å². The van der Waals surface area contributed by atoms with Gasteiger partial charge in [0.1, 0.15) is 0 Å². The molecule has 8 aromatic carbocycles. The average Bonchev–Trinajstić information content (AvgIpc) is 3.81. The minimum absolute atomic E-state index is 0.251.